The van der Waals surface area contributed by atoms with Crippen molar-refractivity contribution in [3.8, 4) is 0 Å². The third kappa shape index (κ3) is 14.6. The van der Waals surface area contributed by atoms with Crippen LogP contribution in [0.15, 0.2) is 71.8 Å². The number of hydrogen-bond acceptors (Lipinski definition) is 0. The van der Waals surface area contributed by atoms with E-state index in [0.29, 0.717) is 0 Å². The summed E-state index contributed by atoms with van der Waals surface area (Å²) in [5.41, 5.74) is 21.4. The maximum atomic E-state index is 12.0. The van der Waals surface area contributed by atoms with E-state index in [2.05, 4.69) is 88.4 Å². The standard InChI is InChI=1S/C47H72N2/c1-5-9-13-14-15-16-17-18-19-20-21-22-23-24-25-26-27-34-45-44(33-12-8-4)47(43-32-28-31-41(39-43)30-11-7-3)49(48)46(45)42-37-35-40(36-38-42)29-10-6-2/h27-28,31-32,34-39H,5-26,29-30,33H2,1-4H3. The SMILES string of the molecule is CCCCCCCCCCCCCCCCCC=CC1=C(c2ccc(CCCC)cc2)[N+](=[N-])C(c2cccc(CCCC)c2)=C1CCCC. The van der Waals surface area contributed by atoms with Crippen molar-refractivity contribution in [1.82, 2.24) is 0 Å². The zero-order valence-corrected chi connectivity index (χ0v) is 32.3. The number of hydrogen-bond donors (Lipinski definition) is 0. The van der Waals surface area contributed by atoms with E-state index in [0.717, 1.165) is 61.0 Å². The highest BCUT2D eigenvalue weighted by atomic mass is 15.2. The number of allylic oxidation sites excluding steroid dienone is 4. The lowest BCUT2D eigenvalue weighted by Crippen LogP contribution is -2.03. The summed E-state index contributed by atoms with van der Waals surface area (Å²) in [6, 6.07) is 17.9. The molecule has 0 spiro atoms. The monoisotopic (exact) mass is 665 g/mol. The lowest BCUT2D eigenvalue weighted by Gasteiger charge is -2.11. The molecule has 0 fully saturated rings. The van der Waals surface area contributed by atoms with Crippen molar-refractivity contribution < 1.29 is 4.70 Å². The molecule has 270 valence electrons. The van der Waals surface area contributed by atoms with Gasteiger partial charge in [0.15, 0.2) is 0 Å². The number of aryl methyl sites for hydroxylation is 2. The summed E-state index contributed by atoms with van der Waals surface area (Å²) >= 11 is 0. The zero-order chi connectivity index (χ0) is 34.9. The van der Waals surface area contributed by atoms with Crippen LogP contribution in [-0.2, 0) is 12.8 Å². The van der Waals surface area contributed by atoms with Crippen LogP contribution in [0.5, 0.6) is 0 Å². The number of benzene rings is 2. The second-order valence-corrected chi connectivity index (χ2v) is 14.7. The fraction of sp³-hybridized carbons (Fsp3) is 0.617. The molecule has 0 aliphatic carbocycles. The summed E-state index contributed by atoms with van der Waals surface area (Å²) < 4.78 is 1.53. The van der Waals surface area contributed by atoms with Gasteiger partial charge in [0.25, 0.3) is 0 Å². The maximum Gasteiger partial charge on any atom is 0.215 e. The molecule has 2 aromatic rings. The molecule has 2 nitrogen and oxygen atoms in total. The van der Waals surface area contributed by atoms with Gasteiger partial charge in [-0.2, -0.15) is 0 Å². The number of nitrogens with zero attached hydrogens (tertiary/aromatic N) is 2. The van der Waals surface area contributed by atoms with Gasteiger partial charge in [-0.1, -0.05) is 173 Å². The van der Waals surface area contributed by atoms with E-state index >= 15 is 0 Å². The molecular weight excluding hydrogens is 593 g/mol. The lowest BCUT2D eigenvalue weighted by atomic mass is 9.94. The fourth-order valence-corrected chi connectivity index (χ4v) is 7.28. The van der Waals surface area contributed by atoms with Crippen molar-refractivity contribution in [3.05, 3.63) is 99.6 Å². The molecule has 1 heterocycles. The average molecular weight is 665 g/mol. The molecule has 1 aliphatic rings. The van der Waals surface area contributed by atoms with Crippen LogP contribution in [0.25, 0.3) is 16.9 Å². The van der Waals surface area contributed by atoms with E-state index in [-0.39, 0.29) is 0 Å². The highest BCUT2D eigenvalue weighted by Gasteiger charge is 2.34. The first-order chi connectivity index (χ1) is 24.1. The van der Waals surface area contributed by atoms with Crippen molar-refractivity contribution in [3.63, 3.8) is 0 Å². The van der Waals surface area contributed by atoms with Gasteiger partial charge < -0.3 is 5.53 Å². The molecule has 0 bridgehead atoms. The summed E-state index contributed by atoms with van der Waals surface area (Å²) in [5, 5.41) is 0. The third-order valence-electron chi connectivity index (χ3n) is 10.4. The molecule has 49 heavy (non-hydrogen) atoms. The molecule has 0 amide bonds. The first-order valence-electron chi connectivity index (χ1n) is 21.0. The Bertz CT molecular complexity index is 1290. The largest absolute Gasteiger partial charge is 0.493 e. The van der Waals surface area contributed by atoms with Gasteiger partial charge in [0.2, 0.25) is 11.4 Å². The summed E-state index contributed by atoms with van der Waals surface area (Å²) in [6.07, 6.45) is 37.0. The van der Waals surface area contributed by atoms with Crippen LogP contribution >= 0.6 is 0 Å². The minimum absolute atomic E-state index is 0.940. The fourth-order valence-electron chi connectivity index (χ4n) is 7.28. The number of unbranched alkanes of at least 4 members (excludes halogenated alkanes) is 18. The quantitative estimate of drug-likeness (QED) is 0.0639. The van der Waals surface area contributed by atoms with Crippen molar-refractivity contribution in [2.75, 3.05) is 0 Å². The third-order valence-corrected chi connectivity index (χ3v) is 10.4. The predicted molar refractivity (Wildman–Crippen MR) is 216 cm³/mol. The zero-order valence-electron chi connectivity index (χ0n) is 32.3. The normalized spacial score (nSPS) is 13.5. The highest BCUT2D eigenvalue weighted by Crippen LogP contribution is 2.43. The van der Waals surface area contributed by atoms with Crippen LogP contribution in [0, 0.1) is 0 Å². The molecule has 2 heteroatoms. The summed E-state index contributed by atoms with van der Waals surface area (Å²) in [7, 11) is 0. The van der Waals surface area contributed by atoms with Crippen molar-refractivity contribution in [1.29, 1.82) is 0 Å². The summed E-state index contributed by atoms with van der Waals surface area (Å²) in [6.45, 7) is 9.07. The molecule has 0 saturated carbocycles. The van der Waals surface area contributed by atoms with Gasteiger partial charge in [0.05, 0.1) is 5.57 Å². The van der Waals surface area contributed by atoms with Crippen LogP contribution in [0.1, 0.15) is 198 Å². The second kappa shape index (κ2) is 25.2. The molecule has 0 saturated heterocycles. The van der Waals surface area contributed by atoms with Crippen LogP contribution < -0.4 is 0 Å². The molecule has 0 atom stereocenters. The lowest BCUT2D eigenvalue weighted by molar-refractivity contribution is -0.345. The Balaban J connectivity index is 1.63. The molecular formula is C47H72N2. The molecule has 0 radical (unpaired) electrons. The molecule has 0 aromatic heterocycles. The van der Waals surface area contributed by atoms with Gasteiger partial charge in [0.1, 0.15) is 0 Å². The Kier molecular flexibility index (Phi) is 21.0. The molecule has 3 rings (SSSR count). The van der Waals surface area contributed by atoms with E-state index in [9.17, 15) is 5.53 Å². The van der Waals surface area contributed by atoms with E-state index in [4.69, 9.17) is 0 Å². The highest BCUT2D eigenvalue weighted by molar-refractivity contribution is 5.84. The first-order valence-corrected chi connectivity index (χ1v) is 21.0. The molecule has 2 aromatic carbocycles. The van der Waals surface area contributed by atoms with E-state index in [1.165, 1.54) is 149 Å². The summed E-state index contributed by atoms with van der Waals surface area (Å²) in [4.78, 5) is 0. The van der Waals surface area contributed by atoms with Crippen molar-refractivity contribution in [2.24, 2.45) is 0 Å². The van der Waals surface area contributed by atoms with Gasteiger partial charge in [0, 0.05) is 16.7 Å². The first kappa shape index (κ1) is 40.7. The van der Waals surface area contributed by atoms with E-state index in [1.807, 2.05) is 0 Å². The van der Waals surface area contributed by atoms with Gasteiger partial charge in [-0.25, -0.2) is 4.70 Å². The Morgan fingerprint density at radius 3 is 1.57 bits per heavy atom. The van der Waals surface area contributed by atoms with Crippen LogP contribution in [0.4, 0.5) is 0 Å². The Morgan fingerprint density at radius 1 is 0.490 bits per heavy atom. The Morgan fingerprint density at radius 2 is 1.00 bits per heavy atom. The molecule has 0 N–H and O–H groups in total. The minimum Gasteiger partial charge on any atom is -0.493 e. The van der Waals surface area contributed by atoms with Gasteiger partial charge in [-0.15, -0.1) is 0 Å². The summed E-state index contributed by atoms with van der Waals surface area (Å²) in [5.74, 6) is 0. The van der Waals surface area contributed by atoms with Crippen molar-refractivity contribution >= 4 is 11.4 Å². The average Bonchev–Trinajstić information content (AvgIpc) is 3.40. The number of rotatable bonds is 28. The van der Waals surface area contributed by atoms with Crippen molar-refractivity contribution in [2.45, 2.75) is 188 Å². The molecule has 1 aliphatic heterocycles. The molecule has 0 unspecified atom stereocenters. The van der Waals surface area contributed by atoms with Crippen LogP contribution in [0.3, 0.4) is 0 Å². The Labute approximate surface area is 303 Å². The van der Waals surface area contributed by atoms with E-state index in [1.54, 1.807) is 0 Å². The van der Waals surface area contributed by atoms with E-state index < -0.39 is 0 Å². The van der Waals surface area contributed by atoms with Crippen LogP contribution in [-0.4, -0.2) is 4.70 Å². The topological polar surface area (TPSA) is 25.3 Å². The maximum absolute atomic E-state index is 12.0. The van der Waals surface area contributed by atoms with Gasteiger partial charge in [-0.3, -0.25) is 0 Å². The Hall–Kier alpha value is -2.74. The predicted octanol–water partition coefficient (Wildman–Crippen LogP) is 15.5. The second-order valence-electron chi connectivity index (χ2n) is 14.7. The smallest absolute Gasteiger partial charge is 0.215 e. The minimum atomic E-state index is 0.940. The van der Waals surface area contributed by atoms with Gasteiger partial charge in [-0.05, 0) is 86.8 Å². The van der Waals surface area contributed by atoms with Gasteiger partial charge >= 0.3 is 0 Å². The van der Waals surface area contributed by atoms with Crippen LogP contribution in [0.2, 0.25) is 0 Å².